The number of hydrogen-bond acceptors (Lipinski definition) is 4. The van der Waals surface area contributed by atoms with E-state index in [0.717, 1.165) is 0 Å². The van der Waals surface area contributed by atoms with Gasteiger partial charge in [-0.1, -0.05) is 0 Å². The number of benzene rings is 1. The summed E-state index contributed by atoms with van der Waals surface area (Å²) in [7, 11) is 3.32. The van der Waals surface area contributed by atoms with E-state index in [0.29, 0.717) is 16.9 Å². The summed E-state index contributed by atoms with van der Waals surface area (Å²) in [5.74, 6) is -0.624. The zero-order valence-electron chi connectivity index (χ0n) is 9.86. The number of nitrogens with one attached hydrogen (secondary N) is 1. The highest BCUT2D eigenvalue weighted by molar-refractivity contribution is 5.96. The van der Waals surface area contributed by atoms with Crippen LogP contribution in [0.15, 0.2) is 18.2 Å². The van der Waals surface area contributed by atoms with Gasteiger partial charge in [0.2, 0.25) is 5.91 Å². The third-order valence-electron chi connectivity index (χ3n) is 2.16. The average Bonchev–Trinajstić information content (AvgIpc) is 2.26. The SMILES string of the molecule is CN(C)C(=O)c1ccc(N)c(NCC(N)=O)c1. The number of primary amides is 1. The molecular weight excluding hydrogens is 220 g/mol. The number of rotatable bonds is 4. The zero-order chi connectivity index (χ0) is 13.0. The van der Waals surface area contributed by atoms with Crippen molar-refractivity contribution >= 4 is 23.2 Å². The van der Waals surface area contributed by atoms with Gasteiger partial charge in [-0.3, -0.25) is 9.59 Å². The summed E-state index contributed by atoms with van der Waals surface area (Å²) in [5, 5.41) is 2.78. The Morgan fingerprint density at radius 1 is 1.35 bits per heavy atom. The van der Waals surface area contributed by atoms with Crippen LogP contribution >= 0.6 is 0 Å². The first-order valence-electron chi connectivity index (χ1n) is 5.05. The van der Waals surface area contributed by atoms with Crippen molar-refractivity contribution in [2.75, 3.05) is 31.7 Å². The summed E-state index contributed by atoms with van der Waals surface area (Å²) >= 11 is 0. The number of nitrogens with zero attached hydrogens (tertiary/aromatic N) is 1. The van der Waals surface area contributed by atoms with Crippen molar-refractivity contribution < 1.29 is 9.59 Å². The first kappa shape index (κ1) is 12.8. The molecule has 0 saturated carbocycles. The van der Waals surface area contributed by atoms with E-state index < -0.39 is 5.91 Å². The van der Waals surface area contributed by atoms with Crippen LogP contribution in [0.25, 0.3) is 0 Å². The van der Waals surface area contributed by atoms with Gasteiger partial charge in [-0.25, -0.2) is 0 Å². The number of anilines is 2. The molecule has 0 unspecified atom stereocenters. The largest absolute Gasteiger partial charge is 0.397 e. The van der Waals surface area contributed by atoms with Gasteiger partial charge in [0.05, 0.1) is 17.9 Å². The predicted molar refractivity (Wildman–Crippen MR) is 66.6 cm³/mol. The molecule has 6 heteroatoms. The van der Waals surface area contributed by atoms with Crippen molar-refractivity contribution in [3.63, 3.8) is 0 Å². The minimum atomic E-state index is -0.492. The van der Waals surface area contributed by atoms with E-state index in [4.69, 9.17) is 11.5 Å². The first-order valence-corrected chi connectivity index (χ1v) is 5.05. The molecule has 0 fully saturated rings. The summed E-state index contributed by atoms with van der Waals surface area (Å²) in [6, 6.07) is 4.84. The van der Waals surface area contributed by atoms with Gasteiger partial charge in [0.1, 0.15) is 0 Å². The van der Waals surface area contributed by atoms with Crippen LogP contribution in [-0.4, -0.2) is 37.4 Å². The molecule has 0 aliphatic carbocycles. The Balaban J connectivity index is 2.94. The molecule has 0 bridgehead atoms. The van der Waals surface area contributed by atoms with Crippen LogP contribution in [0.3, 0.4) is 0 Å². The number of amides is 2. The summed E-state index contributed by atoms with van der Waals surface area (Å²) < 4.78 is 0. The van der Waals surface area contributed by atoms with Gasteiger partial charge in [0, 0.05) is 19.7 Å². The van der Waals surface area contributed by atoms with E-state index in [2.05, 4.69) is 5.32 Å². The van der Waals surface area contributed by atoms with Crippen molar-refractivity contribution in [2.45, 2.75) is 0 Å². The van der Waals surface area contributed by atoms with Crippen LogP contribution in [0.4, 0.5) is 11.4 Å². The van der Waals surface area contributed by atoms with Gasteiger partial charge in [-0.05, 0) is 18.2 Å². The molecule has 0 aromatic heterocycles. The van der Waals surface area contributed by atoms with Crippen molar-refractivity contribution in [1.82, 2.24) is 4.90 Å². The number of nitrogen functional groups attached to an aromatic ring is 1. The first-order chi connectivity index (χ1) is 7.91. The summed E-state index contributed by atoms with van der Waals surface area (Å²) in [6.07, 6.45) is 0. The van der Waals surface area contributed by atoms with Crippen molar-refractivity contribution in [3.8, 4) is 0 Å². The molecule has 0 aliphatic heterocycles. The van der Waals surface area contributed by atoms with E-state index in [1.807, 2.05) is 0 Å². The molecule has 17 heavy (non-hydrogen) atoms. The quantitative estimate of drug-likeness (QED) is 0.634. The fraction of sp³-hybridized carbons (Fsp3) is 0.273. The standard InChI is InChI=1S/C11H16N4O2/c1-15(2)11(17)7-3-4-8(12)9(5-7)14-6-10(13)16/h3-5,14H,6,12H2,1-2H3,(H2,13,16). The number of nitrogens with two attached hydrogens (primary N) is 2. The second kappa shape index (κ2) is 5.20. The average molecular weight is 236 g/mol. The number of hydrogen-bond donors (Lipinski definition) is 3. The summed E-state index contributed by atoms with van der Waals surface area (Å²) in [4.78, 5) is 23.8. The Bertz CT molecular complexity index is 443. The lowest BCUT2D eigenvalue weighted by atomic mass is 10.1. The molecule has 0 aliphatic rings. The fourth-order valence-corrected chi connectivity index (χ4v) is 1.28. The van der Waals surface area contributed by atoms with E-state index in [9.17, 15) is 9.59 Å². The molecule has 1 aromatic carbocycles. The maximum Gasteiger partial charge on any atom is 0.253 e. The smallest absolute Gasteiger partial charge is 0.253 e. The maximum atomic E-state index is 11.7. The van der Waals surface area contributed by atoms with E-state index >= 15 is 0 Å². The number of carbonyl (C=O) groups excluding carboxylic acids is 2. The molecule has 6 nitrogen and oxygen atoms in total. The van der Waals surface area contributed by atoms with Gasteiger partial charge < -0.3 is 21.7 Å². The van der Waals surface area contributed by atoms with Crippen LogP contribution in [0.2, 0.25) is 0 Å². The van der Waals surface area contributed by atoms with Crippen LogP contribution in [0.5, 0.6) is 0 Å². The van der Waals surface area contributed by atoms with Gasteiger partial charge in [0.25, 0.3) is 5.91 Å². The lowest BCUT2D eigenvalue weighted by molar-refractivity contribution is -0.116. The minimum Gasteiger partial charge on any atom is -0.397 e. The van der Waals surface area contributed by atoms with Gasteiger partial charge in [0.15, 0.2) is 0 Å². The van der Waals surface area contributed by atoms with Crippen molar-refractivity contribution in [1.29, 1.82) is 0 Å². The van der Waals surface area contributed by atoms with E-state index in [-0.39, 0.29) is 12.5 Å². The molecule has 0 atom stereocenters. The maximum absolute atomic E-state index is 11.7. The molecule has 2 amide bonds. The summed E-state index contributed by atoms with van der Waals surface area (Å²) in [5.41, 5.74) is 12.2. The summed E-state index contributed by atoms with van der Waals surface area (Å²) in [6.45, 7) is -0.0240. The third kappa shape index (κ3) is 3.37. The van der Waals surface area contributed by atoms with Crippen LogP contribution in [-0.2, 0) is 4.79 Å². The monoisotopic (exact) mass is 236 g/mol. The lowest BCUT2D eigenvalue weighted by Gasteiger charge is -2.13. The molecule has 5 N–H and O–H groups in total. The highest BCUT2D eigenvalue weighted by Gasteiger charge is 2.10. The zero-order valence-corrected chi connectivity index (χ0v) is 9.86. The van der Waals surface area contributed by atoms with E-state index in [1.54, 1.807) is 32.3 Å². The Kier molecular flexibility index (Phi) is 3.92. The van der Waals surface area contributed by atoms with Crippen LogP contribution < -0.4 is 16.8 Å². The Morgan fingerprint density at radius 2 is 2.00 bits per heavy atom. The van der Waals surface area contributed by atoms with Gasteiger partial charge in [-0.15, -0.1) is 0 Å². The van der Waals surface area contributed by atoms with Crippen molar-refractivity contribution in [3.05, 3.63) is 23.8 Å². The van der Waals surface area contributed by atoms with Crippen LogP contribution in [0.1, 0.15) is 10.4 Å². The molecule has 1 rings (SSSR count). The topological polar surface area (TPSA) is 101 Å². The molecule has 0 saturated heterocycles. The Morgan fingerprint density at radius 3 is 2.53 bits per heavy atom. The Labute approximate surface area is 99.6 Å². The van der Waals surface area contributed by atoms with Crippen molar-refractivity contribution in [2.24, 2.45) is 5.73 Å². The highest BCUT2D eigenvalue weighted by atomic mass is 16.2. The molecule has 1 aromatic rings. The molecule has 92 valence electrons. The third-order valence-corrected chi connectivity index (χ3v) is 2.16. The molecular formula is C11H16N4O2. The normalized spacial score (nSPS) is 9.76. The fourth-order valence-electron chi connectivity index (χ4n) is 1.28. The van der Waals surface area contributed by atoms with Crippen LogP contribution in [0, 0.1) is 0 Å². The predicted octanol–water partition coefficient (Wildman–Crippen LogP) is -0.132. The second-order valence-corrected chi connectivity index (χ2v) is 3.82. The van der Waals surface area contributed by atoms with Gasteiger partial charge in [-0.2, -0.15) is 0 Å². The Hall–Kier alpha value is -2.24. The molecule has 0 spiro atoms. The molecule has 0 radical (unpaired) electrons. The van der Waals surface area contributed by atoms with E-state index in [1.165, 1.54) is 4.90 Å². The second-order valence-electron chi connectivity index (χ2n) is 3.82. The molecule has 0 heterocycles. The lowest BCUT2D eigenvalue weighted by Crippen LogP contribution is -2.23. The minimum absolute atomic E-state index is 0.0240. The van der Waals surface area contributed by atoms with Gasteiger partial charge >= 0.3 is 0 Å². The number of carbonyl (C=O) groups is 2. The highest BCUT2D eigenvalue weighted by Crippen LogP contribution is 2.20.